The van der Waals surface area contributed by atoms with Crippen LogP contribution in [0.5, 0.6) is 0 Å². The van der Waals surface area contributed by atoms with Gasteiger partial charge < -0.3 is 15.4 Å². The fourth-order valence-electron chi connectivity index (χ4n) is 2.04. The molecule has 1 aliphatic rings. The molecule has 0 aromatic heterocycles. The van der Waals surface area contributed by atoms with Gasteiger partial charge in [0.1, 0.15) is 6.10 Å². The van der Waals surface area contributed by atoms with Gasteiger partial charge in [-0.1, -0.05) is 33.1 Å². The Bertz CT molecular complexity index is 221. The predicted octanol–water partition coefficient (Wildman–Crippen LogP) is 1.73. The minimum atomic E-state index is -0.299. The predicted molar refractivity (Wildman–Crippen MR) is 76.2 cm³/mol. The van der Waals surface area contributed by atoms with Gasteiger partial charge in [-0.25, -0.2) is 0 Å². The second kappa shape index (κ2) is 10.6. The molecule has 1 amide bonds. The fourth-order valence-corrected chi connectivity index (χ4v) is 2.04. The third-order valence-corrected chi connectivity index (χ3v) is 3.33. The van der Waals surface area contributed by atoms with E-state index >= 15 is 0 Å². The highest BCUT2D eigenvalue weighted by molar-refractivity contribution is 5.85. The summed E-state index contributed by atoms with van der Waals surface area (Å²) in [7, 11) is 0. The van der Waals surface area contributed by atoms with Gasteiger partial charge in [0, 0.05) is 19.6 Å². The number of carbonyl (C=O) groups excluding carboxylic acids is 1. The van der Waals surface area contributed by atoms with Crippen molar-refractivity contribution in [1.82, 2.24) is 10.6 Å². The Morgan fingerprint density at radius 3 is 2.83 bits per heavy atom. The molecule has 2 N–H and O–H groups in total. The van der Waals surface area contributed by atoms with Crippen molar-refractivity contribution in [3.8, 4) is 0 Å². The number of halogens is 1. The van der Waals surface area contributed by atoms with Crippen LogP contribution in [-0.2, 0) is 9.53 Å². The second-order valence-corrected chi connectivity index (χ2v) is 4.73. The number of hydrogen-bond acceptors (Lipinski definition) is 3. The molecule has 1 saturated heterocycles. The summed E-state index contributed by atoms with van der Waals surface area (Å²) in [6.07, 6.45) is 4.50. The molecule has 0 spiro atoms. The monoisotopic (exact) mass is 278 g/mol. The van der Waals surface area contributed by atoms with Crippen LogP contribution in [0.4, 0.5) is 0 Å². The first kappa shape index (κ1) is 17.7. The average molecular weight is 279 g/mol. The van der Waals surface area contributed by atoms with Gasteiger partial charge in [0.25, 0.3) is 0 Å². The Hall–Kier alpha value is -0.320. The van der Waals surface area contributed by atoms with Crippen molar-refractivity contribution < 1.29 is 9.53 Å². The molecular weight excluding hydrogens is 252 g/mol. The highest BCUT2D eigenvalue weighted by atomic mass is 35.5. The number of rotatable bonds is 7. The summed E-state index contributed by atoms with van der Waals surface area (Å²) < 4.78 is 5.41. The molecule has 1 heterocycles. The third kappa shape index (κ3) is 6.57. The zero-order valence-electron chi connectivity index (χ0n) is 11.5. The number of ether oxygens (including phenoxy) is 1. The van der Waals surface area contributed by atoms with Gasteiger partial charge >= 0.3 is 0 Å². The van der Waals surface area contributed by atoms with Crippen molar-refractivity contribution in [3.05, 3.63) is 0 Å². The van der Waals surface area contributed by atoms with E-state index in [0.29, 0.717) is 19.1 Å². The van der Waals surface area contributed by atoms with E-state index in [0.717, 1.165) is 19.5 Å². The summed E-state index contributed by atoms with van der Waals surface area (Å²) in [6.45, 7) is 7.29. The van der Waals surface area contributed by atoms with E-state index in [-0.39, 0.29) is 24.4 Å². The van der Waals surface area contributed by atoms with Crippen LogP contribution >= 0.6 is 12.4 Å². The summed E-state index contributed by atoms with van der Waals surface area (Å²) in [5, 5.41) is 6.17. The zero-order valence-corrected chi connectivity index (χ0v) is 12.4. The second-order valence-electron chi connectivity index (χ2n) is 4.73. The molecule has 5 heteroatoms. The topological polar surface area (TPSA) is 50.4 Å². The molecule has 0 bridgehead atoms. The SMILES string of the molecule is CCCCC(CC)CNC(=O)C1CNCCO1.Cl. The van der Waals surface area contributed by atoms with Gasteiger partial charge in [0.05, 0.1) is 6.61 Å². The van der Waals surface area contributed by atoms with Crippen LogP contribution in [0.2, 0.25) is 0 Å². The molecule has 1 fully saturated rings. The van der Waals surface area contributed by atoms with Crippen molar-refractivity contribution in [1.29, 1.82) is 0 Å². The minimum Gasteiger partial charge on any atom is -0.366 e. The zero-order chi connectivity index (χ0) is 12.5. The van der Waals surface area contributed by atoms with E-state index in [1.54, 1.807) is 0 Å². The van der Waals surface area contributed by atoms with Gasteiger partial charge in [-0.05, 0) is 12.3 Å². The van der Waals surface area contributed by atoms with Crippen LogP contribution in [0.3, 0.4) is 0 Å². The Balaban J connectivity index is 0.00000289. The van der Waals surface area contributed by atoms with E-state index in [4.69, 9.17) is 4.74 Å². The molecule has 1 aliphatic heterocycles. The summed E-state index contributed by atoms with van der Waals surface area (Å²) in [4.78, 5) is 11.8. The van der Waals surface area contributed by atoms with Crippen molar-refractivity contribution in [2.75, 3.05) is 26.2 Å². The number of hydrogen-bond donors (Lipinski definition) is 2. The summed E-state index contributed by atoms with van der Waals surface area (Å²) >= 11 is 0. The third-order valence-electron chi connectivity index (χ3n) is 3.33. The molecule has 0 radical (unpaired) electrons. The van der Waals surface area contributed by atoms with Crippen LogP contribution < -0.4 is 10.6 Å². The van der Waals surface area contributed by atoms with Gasteiger partial charge in [0.2, 0.25) is 5.91 Å². The first-order chi connectivity index (χ1) is 8.27. The molecule has 0 aliphatic carbocycles. The average Bonchev–Trinajstić information content (AvgIpc) is 2.39. The van der Waals surface area contributed by atoms with E-state index in [9.17, 15) is 4.79 Å². The molecule has 0 saturated carbocycles. The lowest BCUT2D eigenvalue weighted by atomic mass is 9.99. The number of nitrogens with one attached hydrogen (secondary N) is 2. The van der Waals surface area contributed by atoms with Crippen LogP contribution in [0.1, 0.15) is 39.5 Å². The first-order valence-electron chi connectivity index (χ1n) is 6.88. The largest absolute Gasteiger partial charge is 0.366 e. The van der Waals surface area contributed by atoms with Crippen LogP contribution in [0.15, 0.2) is 0 Å². The molecule has 0 aromatic carbocycles. The lowest BCUT2D eigenvalue weighted by molar-refractivity contribution is -0.134. The van der Waals surface area contributed by atoms with Crippen LogP contribution in [0, 0.1) is 5.92 Å². The van der Waals surface area contributed by atoms with E-state index in [1.165, 1.54) is 19.3 Å². The normalized spacial score (nSPS) is 20.9. The maximum absolute atomic E-state index is 11.8. The number of amides is 1. The van der Waals surface area contributed by atoms with Crippen molar-refractivity contribution in [2.45, 2.75) is 45.6 Å². The number of morpholine rings is 1. The van der Waals surface area contributed by atoms with Crippen molar-refractivity contribution >= 4 is 18.3 Å². The Kier molecular flexibility index (Phi) is 10.4. The number of unbranched alkanes of at least 4 members (excludes halogenated alkanes) is 1. The maximum Gasteiger partial charge on any atom is 0.250 e. The van der Waals surface area contributed by atoms with Crippen LogP contribution in [0.25, 0.3) is 0 Å². The van der Waals surface area contributed by atoms with E-state index in [1.807, 2.05) is 0 Å². The Morgan fingerprint density at radius 2 is 2.28 bits per heavy atom. The molecule has 1 rings (SSSR count). The van der Waals surface area contributed by atoms with Gasteiger partial charge in [-0.15, -0.1) is 12.4 Å². The van der Waals surface area contributed by atoms with Crippen molar-refractivity contribution in [2.24, 2.45) is 5.92 Å². The standard InChI is InChI=1S/C13H26N2O2.ClH/c1-3-5-6-11(4-2)9-15-13(16)12-10-14-7-8-17-12;/h11-12,14H,3-10H2,1-2H3,(H,15,16);1H. The maximum atomic E-state index is 11.8. The van der Waals surface area contributed by atoms with E-state index in [2.05, 4.69) is 24.5 Å². The van der Waals surface area contributed by atoms with Crippen LogP contribution in [-0.4, -0.2) is 38.3 Å². The summed E-state index contributed by atoms with van der Waals surface area (Å²) in [6, 6.07) is 0. The smallest absolute Gasteiger partial charge is 0.250 e. The molecule has 4 nitrogen and oxygen atoms in total. The highest BCUT2D eigenvalue weighted by Gasteiger charge is 2.21. The summed E-state index contributed by atoms with van der Waals surface area (Å²) in [5.74, 6) is 0.641. The lowest BCUT2D eigenvalue weighted by Crippen LogP contribution is -2.48. The molecule has 2 unspecified atom stereocenters. The Labute approximate surface area is 117 Å². The Morgan fingerprint density at radius 1 is 1.50 bits per heavy atom. The molecular formula is C13H27ClN2O2. The van der Waals surface area contributed by atoms with Crippen molar-refractivity contribution in [3.63, 3.8) is 0 Å². The lowest BCUT2D eigenvalue weighted by Gasteiger charge is -2.24. The minimum absolute atomic E-state index is 0. The highest BCUT2D eigenvalue weighted by Crippen LogP contribution is 2.11. The van der Waals surface area contributed by atoms with Gasteiger partial charge in [0.15, 0.2) is 0 Å². The fraction of sp³-hybridized carbons (Fsp3) is 0.923. The van der Waals surface area contributed by atoms with Gasteiger partial charge in [-0.2, -0.15) is 0 Å². The molecule has 0 aromatic rings. The van der Waals surface area contributed by atoms with Gasteiger partial charge in [-0.3, -0.25) is 4.79 Å². The summed E-state index contributed by atoms with van der Waals surface area (Å²) in [5.41, 5.74) is 0. The quantitative estimate of drug-likeness (QED) is 0.746. The number of carbonyl (C=O) groups is 1. The molecule has 18 heavy (non-hydrogen) atoms. The molecule has 108 valence electrons. The molecule has 2 atom stereocenters. The van der Waals surface area contributed by atoms with E-state index < -0.39 is 0 Å². The first-order valence-corrected chi connectivity index (χ1v) is 6.88.